The van der Waals surface area contributed by atoms with Gasteiger partial charge in [-0.1, -0.05) is 18.2 Å². The Labute approximate surface area is 110 Å². The molecule has 19 heavy (non-hydrogen) atoms. The van der Waals surface area contributed by atoms with Gasteiger partial charge in [0.1, 0.15) is 0 Å². The lowest BCUT2D eigenvalue weighted by Crippen LogP contribution is -1.94. The minimum Gasteiger partial charge on any atom is -0.323 e. The van der Waals surface area contributed by atoms with Crippen LogP contribution in [-0.4, -0.2) is 21.2 Å². The topological polar surface area (TPSA) is 66.0 Å². The maximum atomic E-state index is 4.36. The highest BCUT2D eigenvalue weighted by Gasteiger charge is 1.99. The average molecular weight is 251 g/mol. The molecule has 2 N–H and O–H groups in total. The zero-order valence-electron chi connectivity index (χ0n) is 10.5. The summed E-state index contributed by atoms with van der Waals surface area (Å²) in [7, 11) is 0. The third kappa shape index (κ3) is 2.60. The Bertz CT molecular complexity index is 696. The van der Waals surface area contributed by atoms with E-state index in [4.69, 9.17) is 0 Å². The predicted molar refractivity (Wildman–Crippen MR) is 76.3 cm³/mol. The van der Waals surface area contributed by atoms with Crippen LogP contribution in [0.3, 0.4) is 0 Å². The van der Waals surface area contributed by atoms with Crippen LogP contribution < -0.4 is 5.43 Å². The Balaban J connectivity index is 1.75. The lowest BCUT2D eigenvalue weighted by Gasteiger charge is -1.95. The van der Waals surface area contributed by atoms with E-state index in [1.807, 2.05) is 49.4 Å². The Kier molecular flexibility index (Phi) is 2.94. The maximum absolute atomic E-state index is 4.36. The van der Waals surface area contributed by atoms with E-state index in [1.54, 1.807) is 6.21 Å². The van der Waals surface area contributed by atoms with Gasteiger partial charge in [0.15, 0.2) is 0 Å². The molecule has 5 nitrogen and oxygen atoms in total. The van der Waals surface area contributed by atoms with E-state index in [1.165, 1.54) is 0 Å². The molecule has 0 spiro atoms. The Morgan fingerprint density at radius 2 is 2.00 bits per heavy atom. The molecule has 0 amide bonds. The first-order chi connectivity index (χ1) is 9.31. The molecule has 3 aromatic rings. The van der Waals surface area contributed by atoms with Gasteiger partial charge >= 0.3 is 0 Å². The number of hydrazone groups is 1. The van der Waals surface area contributed by atoms with E-state index >= 15 is 0 Å². The highest BCUT2D eigenvalue weighted by atomic mass is 15.4. The van der Waals surface area contributed by atoms with Gasteiger partial charge in [0, 0.05) is 5.69 Å². The van der Waals surface area contributed by atoms with Crippen molar-refractivity contribution < 1.29 is 0 Å². The molecule has 94 valence electrons. The van der Waals surface area contributed by atoms with Crippen LogP contribution in [0.2, 0.25) is 0 Å². The molecule has 2 heterocycles. The van der Waals surface area contributed by atoms with Crippen molar-refractivity contribution in [3.63, 3.8) is 0 Å². The molecular formula is C14H13N5. The Morgan fingerprint density at radius 3 is 2.84 bits per heavy atom. The molecule has 0 saturated carbocycles. The lowest BCUT2D eigenvalue weighted by molar-refractivity contribution is 1.17. The fourth-order valence-corrected chi connectivity index (χ4v) is 1.80. The maximum Gasteiger partial charge on any atom is 0.222 e. The molecule has 0 fully saturated rings. The molecule has 0 bridgehead atoms. The number of anilines is 1. The van der Waals surface area contributed by atoms with Crippen molar-refractivity contribution >= 4 is 23.2 Å². The van der Waals surface area contributed by atoms with Gasteiger partial charge < -0.3 is 4.98 Å². The largest absolute Gasteiger partial charge is 0.323 e. The molecule has 1 aromatic carbocycles. The number of para-hydroxylation sites is 2. The monoisotopic (exact) mass is 251 g/mol. The van der Waals surface area contributed by atoms with Gasteiger partial charge in [-0.3, -0.25) is 4.98 Å². The molecule has 0 aliphatic rings. The third-order valence-electron chi connectivity index (χ3n) is 2.67. The Hall–Kier alpha value is -2.69. The van der Waals surface area contributed by atoms with Crippen LogP contribution in [0.4, 0.5) is 5.95 Å². The molecule has 2 aromatic heterocycles. The third-order valence-corrected chi connectivity index (χ3v) is 2.67. The summed E-state index contributed by atoms with van der Waals surface area (Å²) >= 11 is 0. The van der Waals surface area contributed by atoms with Gasteiger partial charge in [0.05, 0.1) is 22.9 Å². The fourth-order valence-electron chi connectivity index (χ4n) is 1.80. The number of benzene rings is 1. The number of H-pyrrole nitrogens is 1. The number of aromatic amines is 1. The number of aromatic nitrogens is 3. The van der Waals surface area contributed by atoms with Crippen LogP contribution in [0.15, 0.2) is 47.6 Å². The van der Waals surface area contributed by atoms with E-state index < -0.39 is 0 Å². The van der Waals surface area contributed by atoms with Crippen molar-refractivity contribution in [3.05, 3.63) is 53.9 Å². The molecule has 3 rings (SSSR count). The van der Waals surface area contributed by atoms with Crippen LogP contribution in [-0.2, 0) is 0 Å². The number of aryl methyl sites for hydroxylation is 1. The van der Waals surface area contributed by atoms with E-state index in [9.17, 15) is 0 Å². The first-order valence-electron chi connectivity index (χ1n) is 5.99. The second-order valence-corrected chi connectivity index (χ2v) is 4.18. The number of nitrogens with one attached hydrogen (secondary N) is 2. The average Bonchev–Trinajstić information content (AvgIpc) is 2.81. The zero-order chi connectivity index (χ0) is 13.1. The number of pyridine rings is 1. The summed E-state index contributed by atoms with van der Waals surface area (Å²) in [5, 5.41) is 4.12. The van der Waals surface area contributed by atoms with Crippen LogP contribution in [0.25, 0.3) is 11.0 Å². The molecule has 5 heteroatoms. The standard InChI is InChI=1S/C14H13N5/c1-10-5-4-6-11(16-10)9-15-19-14-17-12-7-2-3-8-13(12)18-14/h2-9H,1H3,(H2,17,18,19). The van der Waals surface area contributed by atoms with Crippen molar-refractivity contribution in [2.45, 2.75) is 6.92 Å². The summed E-state index contributed by atoms with van der Waals surface area (Å²) in [4.78, 5) is 11.8. The minimum absolute atomic E-state index is 0.616. The molecule has 0 saturated heterocycles. The number of hydrogen-bond donors (Lipinski definition) is 2. The first-order valence-corrected chi connectivity index (χ1v) is 5.99. The van der Waals surface area contributed by atoms with Crippen LogP contribution in [0.1, 0.15) is 11.4 Å². The highest BCUT2D eigenvalue weighted by molar-refractivity contribution is 5.79. The summed E-state index contributed by atoms with van der Waals surface area (Å²) in [5.41, 5.74) is 6.53. The van der Waals surface area contributed by atoms with Crippen LogP contribution in [0.5, 0.6) is 0 Å². The number of fused-ring (bicyclic) bond motifs is 1. The smallest absolute Gasteiger partial charge is 0.222 e. The Morgan fingerprint density at radius 1 is 1.11 bits per heavy atom. The number of nitrogens with zero attached hydrogens (tertiary/aromatic N) is 3. The van der Waals surface area contributed by atoms with Crippen molar-refractivity contribution in [1.82, 2.24) is 15.0 Å². The van der Waals surface area contributed by atoms with E-state index in [0.29, 0.717) is 5.95 Å². The molecule has 0 aliphatic heterocycles. The minimum atomic E-state index is 0.616. The molecule has 0 atom stereocenters. The lowest BCUT2D eigenvalue weighted by atomic mass is 10.3. The molecule has 0 aliphatic carbocycles. The molecule has 0 radical (unpaired) electrons. The van der Waals surface area contributed by atoms with Gasteiger partial charge in [0.25, 0.3) is 0 Å². The fraction of sp³-hybridized carbons (Fsp3) is 0.0714. The summed E-state index contributed by atoms with van der Waals surface area (Å²) in [6.07, 6.45) is 1.67. The molecular weight excluding hydrogens is 238 g/mol. The van der Waals surface area contributed by atoms with E-state index in [2.05, 4.69) is 25.5 Å². The number of rotatable bonds is 3. The zero-order valence-corrected chi connectivity index (χ0v) is 10.5. The van der Waals surface area contributed by atoms with Crippen LogP contribution in [0, 0.1) is 6.92 Å². The van der Waals surface area contributed by atoms with Crippen molar-refractivity contribution in [2.24, 2.45) is 5.10 Å². The summed E-state index contributed by atoms with van der Waals surface area (Å²) < 4.78 is 0. The number of imidazole rings is 1. The second-order valence-electron chi connectivity index (χ2n) is 4.18. The van der Waals surface area contributed by atoms with Crippen molar-refractivity contribution in [1.29, 1.82) is 0 Å². The van der Waals surface area contributed by atoms with Crippen molar-refractivity contribution in [3.8, 4) is 0 Å². The van der Waals surface area contributed by atoms with Gasteiger partial charge in [-0.05, 0) is 31.2 Å². The van der Waals surface area contributed by atoms with Gasteiger partial charge in [-0.15, -0.1) is 0 Å². The van der Waals surface area contributed by atoms with Gasteiger partial charge in [-0.2, -0.15) is 5.10 Å². The summed E-state index contributed by atoms with van der Waals surface area (Å²) in [6.45, 7) is 1.95. The highest BCUT2D eigenvalue weighted by Crippen LogP contribution is 2.12. The predicted octanol–water partition coefficient (Wildman–Crippen LogP) is 2.71. The van der Waals surface area contributed by atoms with Gasteiger partial charge in [-0.25, -0.2) is 10.4 Å². The summed E-state index contributed by atoms with van der Waals surface area (Å²) in [5.74, 6) is 0.616. The second kappa shape index (κ2) is 4.89. The normalized spacial score (nSPS) is 11.2. The molecule has 0 unspecified atom stereocenters. The number of hydrogen-bond acceptors (Lipinski definition) is 4. The van der Waals surface area contributed by atoms with E-state index in [-0.39, 0.29) is 0 Å². The quantitative estimate of drug-likeness (QED) is 0.555. The van der Waals surface area contributed by atoms with Crippen molar-refractivity contribution in [2.75, 3.05) is 5.43 Å². The SMILES string of the molecule is Cc1cccc(C=NNc2nc3ccccc3[nH]2)n1. The van der Waals surface area contributed by atoms with Gasteiger partial charge in [0.2, 0.25) is 5.95 Å². The first kappa shape index (κ1) is 11.4. The van der Waals surface area contributed by atoms with E-state index in [0.717, 1.165) is 22.4 Å². The van der Waals surface area contributed by atoms with Crippen LogP contribution >= 0.6 is 0 Å². The summed E-state index contributed by atoms with van der Waals surface area (Å²) in [6, 6.07) is 13.6.